The zero-order valence-electron chi connectivity index (χ0n) is 18.4. The standard InChI is InChI=1S/C25H35N3O3/c29-23(16-26-24(30)25-13-18-10-19(14-25)12-20(11-18)15-25)27-22(21-4-2-1-3-5-21)17-28-6-8-31-9-7-28/h1-5,18-20,22H,6-17H2,(H,26,30)(H,27,29)/t18?,19?,20?,22-,25?/m1/s1. The SMILES string of the molecule is O=C(CNC(=O)C12CC3CC(CC(C3)C1)C2)N[C@H](CN1CCOCC1)c1ccccc1. The minimum Gasteiger partial charge on any atom is -0.379 e. The van der Waals surface area contributed by atoms with E-state index in [0.29, 0.717) is 0 Å². The summed E-state index contributed by atoms with van der Waals surface area (Å²) in [5.41, 5.74) is 0.886. The van der Waals surface area contributed by atoms with Gasteiger partial charge in [-0.05, 0) is 61.8 Å². The van der Waals surface area contributed by atoms with Crippen molar-refractivity contribution in [3.8, 4) is 0 Å². The van der Waals surface area contributed by atoms with Crippen molar-refractivity contribution in [1.82, 2.24) is 15.5 Å². The number of hydrogen-bond donors (Lipinski definition) is 2. The number of morpholine rings is 1. The maximum absolute atomic E-state index is 13.2. The van der Waals surface area contributed by atoms with Gasteiger partial charge in [-0.1, -0.05) is 30.3 Å². The monoisotopic (exact) mass is 425 g/mol. The van der Waals surface area contributed by atoms with Gasteiger partial charge in [-0.15, -0.1) is 0 Å². The lowest BCUT2D eigenvalue weighted by molar-refractivity contribution is -0.147. The van der Waals surface area contributed by atoms with E-state index < -0.39 is 0 Å². The Labute approximate surface area is 185 Å². The molecule has 1 aromatic rings. The lowest BCUT2D eigenvalue weighted by Crippen LogP contribution is -2.54. The van der Waals surface area contributed by atoms with Crippen LogP contribution in [0.1, 0.15) is 50.1 Å². The van der Waals surface area contributed by atoms with Crippen LogP contribution in [0.5, 0.6) is 0 Å². The molecule has 1 saturated heterocycles. The van der Waals surface area contributed by atoms with Crippen LogP contribution < -0.4 is 10.6 Å². The third-order valence-corrected chi connectivity index (χ3v) is 8.01. The number of carbonyl (C=O) groups excluding carboxylic acids is 2. The van der Waals surface area contributed by atoms with Gasteiger partial charge in [0.1, 0.15) is 0 Å². The molecule has 0 radical (unpaired) electrons. The molecule has 1 aliphatic heterocycles. The first-order valence-corrected chi connectivity index (χ1v) is 12.0. The number of nitrogens with zero attached hydrogens (tertiary/aromatic N) is 1. The molecule has 2 amide bonds. The Kier molecular flexibility index (Phi) is 6.02. The number of amides is 2. The highest BCUT2D eigenvalue weighted by Gasteiger charge is 2.54. The predicted octanol–water partition coefficient (Wildman–Crippen LogP) is 2.51. The molecule has 1 aromatic carbocycles. The van der Waals surface area contributed by atoms with Crippen molar-refractivity contribution in [3.63, 3.8) is 0 Å². The van der Waals surface area contributed by atoms with Gasteiger partial charge in [-0.25, -0.2) is 0 Å². The zero-order chi connectivity index (χ0) is 21.3. The smallest absolute Gasteiger partial charge is 0.239 e. The summed E-state index contributed by atoms with van der Waals surface area (Å²) < 4.78 is 5.46. The van der Waals surface area contributed by atoms with Crippen LogP contribution in [0.15, 0.2) is 30.3 Å². The van der Waals surface area contributed by atoms with Gasteiger partial charge in [-0.2, -0.15) is 0 Å². The molecular formula is C25H35N3O3. The number of benzene rings is 1. The number of rotatable bonds is 7. The summed E-state index contributed by atoms with van der Waals surface area (Å²) in [5, 5.41) is 6.19. The molecule has 4 saturated carbocycles. The third kappa shape index (κ3) is 4.65. The highest BCUT2D eigenvalue weighted by Crippen LogP contribution is 2.60. The minimum absolute atomic E-state index is 0.0625. The van der Waals surface area contributed by atoms with Gasteiger partial charge in [0.2, 0.25) is 11.8 Å². The average molecular weight is 426 g/mol. The number of ether oxygens (including phenoxy) is 1. The molecule has 168 valence electrons. The van der Waals surface area contributed by atoms with E-state index in [2.05, 4.69) is 27.7 Å². The molecule has 4 aliphatic carbocycles. The fraction of sp³-hybridized carbons (Fsp3) is 0.680. The van der Waals surface area contributed by atoms with Gasteiger partial charge in [0.15, 0.2) is 0 Å². The summed E-state index contributed by atoms with van der Waals surface area (Å²) >= 11 is 0. The fourth-order valence-corrected chi connectivity index (χ4v) is 6.94. The first kappa shape index (κ1) is 21.0. The van der Waals surface area contributed by atoms with E-state index in [-0.39, 0.29) is 29.8 Å². The molecule has 31 heavy (non-hydrogen) atoms. The van der Waals surface area contributed by atoms with Gasteiger partial charge in [0.25, 0.3) is 0 Å². The molecule has 1 heterocycles. The molecule has 0 spiro atoms. The molecular weight excluding hydrogens is 390 g/mol. The average Bonchev–Trinajstić information content (AvgIpc) is 2.77. The second kappa shape index (κ2) is 8.91. The topological polar surface area (TPSA) is 70.7 Å². The van der Waals surface area contributed by atoms with Gasteiger partial charge in [0.05, 0.1) is 25.8 Å². The summed E-state index contributed by atoms with van der Waals surface area (Å²) in [4.78, 5) is 28.3. The number of carbonyl (C=O) groups is 2. The Morgan fingerprint density at radius 1 is 1.00 bits per heavy atom. The van der Waals surface area contributed by atoms with Gasteiger partial charge in [0, 0.05) is 25.0 Å². The summed E-state index contributed by atoms with van der Waals surface area (Å²) in [6, 6.07) is 10.0. The van der Waals surface area contributed by atoms with Crippen LogP contribution in [0.4, 0.5) is 0 Å². The van der Waals surface area contributed by atoms with Crippen molar-refractivity contribution in [2.24, 2.45) is 23.2 Å². The van der Waals surface area contributed by atoms with E-state index in [1.807, 2.05) is 18.2 Å². The Bertz CT molecular complexity index is 755. The maximum Gasteiger partial charge on any atom is 0.239 e. The molecule has 6 nitrogen and oxygen atoms in total. The lowest BCUT2D eigenvalue weighted by atomic mass is 9.49. The van der Waals surface area contributed by atoms with Crippen molar-refractivity contribution in [1.29, 1.82) is 0 Å². The molecule has 0 aromatic heterocycles. The normalized spacial score (nSPS) is 33.1. The number of hydrogen-bond acceptors (Lipinski definition) is 4. The second-order valence-electron chi connectivity index (χ2n) is 10.3. The van der Waals surface area contributed by atoms with Crippen LogP contribution in [-0.2, 0) is 14.3 Å². The van der Waals surface area contributed by atoms with E-state index in [1.54, 1.807) is 0 Å². The van der Waals surface area contributed by atoms with Crippen LogP contribution in [-0.4, -0.2) is 56.1 Å². The first-order chi connectivity index (χ1) is 15.1. The van der Waals surface area contributed by atoms with Crippen molar-refractivity contribution < 1.29 is 14.3 Å². The van der Waals surface area contributed by atoms with Crippen LogP contribution in [0, 0.1) is 23.2 Å². The van der Waals surface area contributed by atoms with Crippen LogP contribution in [0.2, 0.25) is 0 Å². The number of nitrogens with one attached hydrogen (secondary N) is 2. The summed E-state index contributed by atoms with van der Waals surface area (Å²) in [7, 11) is 0. The second-order valence-corrected chi connectivity index (χ2v) is 10.3. The quantitative estimate of drug-likeness (QED) is 0.704. The predicted molar refractivity (Wildman–Crippen MR) is 118 cm³/mol. The van der Waals surface area contributed by atoms with E-state index in [4.69, 9.17) is 4.74 Å². The van der Waals surface area contributed by atoms with E-state index >= 15 is 0 Å². The van der Waals surface area contributed by atoms with Crippen LogP contribution >= 0.6 is 0 Å². The van der Waals surface area contributed by atoms with Gasteiger partial charge < -0.3 is 15.4 Å². The highest BCUT2D eigenvalue weighted by atomic mass is 16.5. The molecule has 5 aliphatic rings. The first-order valence-electron chi connectivity index (χ1n) is 12.0. The fourth-order valence-electron chi connectivity index (χ4n) is 6.94. The zero-order valence-corrected chi connectivity index (χ0v) is 18.4. The molecule has 0 unspecified atom stereocenters. The van der Waals surface area contributed by atoms with Crippen molar-refractivity contribution >= 4 is 11.8 Å². The Hall–Kier alpha value is -1.92. The Balaban J connectivity index is 1.18. The largest absolute Gasteiger partial charge is 0.379 e. The summed E-state index contributed by atoms with van der Waals surface area (Å²) in [5.74, 6) is 2.18. The minimum atomic E-state index is -0.207. The summed E-state index contributed by atoms with van der Waals surface area (Å²) in [6.07, 6.45) is 7.01. The van der Waals surface area contributed by atoms with Gasteiger partial charge in [-0.3, -0.25) is 14.5 Å². The Morgan fingerprint density at radius 3 is 2.23 bits per heavy atom. The van der Waals surface area contributed by atoms with Gasteiger partial charge >= 0.3 is 0 Å². The highest BCUT2D eigenvalue weighted by molar-refractivity contribution is 5.88. The maximum atomic E-state index is 13.2. The van der Waals surface area contributed by atoms with E-state index in [9.17, 15) is 9.59 Å². The van der Waals surface area contributed by atoms with Crippen LogP contribution in [0.25, 0.3) is 0 Å². The van der Waals surface area contributed by atoms with E-state index in [0.717, 1.165) is 75.4 Å². The molecule has 6 heteroatoms. The van der Waals surface area contributed by atoms with Crippen molar-refractivity contribution in [2.75, 3.05) is 39.4 Å². The molecule has 5 fully saturated rings. The molecule has 2 N–H and O–H groups in total. The molecule has 1 atom stereocenters. The van der Waals surface area contributed by atoms with Crippen LogP contribution in [0.3, 0.4) is 0 Å². The van der Waals surface area contributed by atoms with Crippen molar-refractivity contribution in [2.45, 2.75) is 44.6 Å². The summed E-state index contributed by atoms with van der Waals surface area (Å²) in [6.45, 7) is 4.03. The third-order valence-electron chi connectivity index (χ3n) is 8.01. The van der Waals surface area contributed by atoms with Crippen molar-refractivity contribution in [3.05, 3.63) is 35.9 Å². The lowest BCUT2D eigenvalue weighted by Gasteiger charge is -2.55. The molecule has 6 rings (SSSR count). The Morgan fingerprint density at radius 2 is 1.61 bits per heavy atom. The van der Waals surface area contributed by atoms with E-state index in [1.165, 1.54) is 19.3 Å². The molecule has 4 bridgehead atoms.